The fourth-order valence-corrected chi connectivity index (χ4v) is 3.39. The van der Waals surface area contributed by atoms with Crippen LogP contribution in [-0.4, -0.2) is 11.5 Å². The maximum atomic E-state index is 4.56. The van der Waals surface area contributed by atoms with Crippen LogP contribution in [0.5, 0.6) is 0 Å². The number of nitrogens with zero attached hydrogens (tertiary/aromatic N) is 1. The van der Waals surface area contributed by atoms with Crippen molar-refractivity contribution in [2.24, 2.45) is 5.92 Å². The maximum Gasteiger partial charge on any atom is 0.183 e. The number of halogens is 1. The minimum Gasteiger partial charge on any atom is -0.361 e. The summed E-state index contributed by atoms with van der Waals surface area (Å²) >= 11 is 6.83. The number of rotatable bonds is 4. The van der Waals surface area contributed by atoms with E-state index in [0.29, 0.717) is 5.92 Å². The van der Waals surface area contributed by atoms with Crippen LogP contribution < -0.4 is 5.32 Å². The smallest absolute Gasteiger partial charge is 0.183 e. The molecule has 16 heavy (non-hydrogen) atoms. The standard InChI is InChI=1S/C11H13BrN2S2/c1-7(2)4-13-11-14-9(6-16-11)10-3-8(12)5-15-10/h3,5-7H,4H2,1-2H3,(H,13,14). The highest BCUT2D eigenvalue weighted by molar-refractivity contribution is 9.10. The average Bonchev–Trinajstić information content (AvgIpc) is 2.83. The molecular weight excluding hydrogens is 304 g/mol. The van der Waals surface area contributed by atoms with Gasteiger partial charge in [-0.1, -0.05) is 13.8 Å². The first-order chi connectivity index (χ1) is 7.65. The van der Waals surface area contributed by atoms with Crippen LogP contribution in [-0.2, 0) is 0 Å². The summed E-state index contributed by atoms with van der Waals surface area (Å²) in [5, 5.41) is 8.53. The lowest BCUT2D eigenvalue weighted by Gasteiger charge is -2.04. The Hall–Kier alpha value is -0.390. The van der Waals surface area contributed by atoms with Crippen LogP contribution in [0.4, 0.5) is 5.13 Å². The molecule has 2 rings (SSSR count). The lowest BCUT2D eigenvalue weighted by molar-refractivity contribution is 0.688. The van der Waals surface area contributed by atoms with Crippen LogP contribution in [0.1, 0.15) is 13.8 Å². The van der Waals surface area contributed by atoms with E-state index in [9.17, 15) is 0 Å². The van der Waals surface area contributed by atoms with Gasteiger partial charge in [-0.3, -0.25) is 0 Å². The lowest BCUT2D eigenvalue weighted by Crippen LogP contribution is -2.07. The normalized spacial score (nSPS) is 11.0. The zero-order valence-corrected chi connectivity index (χ0v) is 12.4. The Morgan fingerprint density at radius 1 is 1.38 bits per heavy atom. The summed E-state index contributed by atoms with van der Waals surface area (Å²) in [5.41, 5.74) is 1.06. The molecule has 0 unspecified atom stereocenters. The number of thiophene rings is 1. The van der Waals surface area contributed by atoms with Crippen LogP contribution in [0.3, 0.4) is 0 Å². The molecule has 0 atom stereocenters. The second kappa shape index (κ2) is 5.29. The molecule has 0 aromatic carbocycles. The predicted molar refractivity (Wildman–Crippen MR) is 76.5 cm³/mol. The Labute approximate surface area is 112 Å². The minimum atomic E-state index is 0.642. The molecule has 1 N–H and O–H groups in total. The molecule has 0 aliphatic rings. The molecular formula is C11H13BrN2S2. The molecule has 0 aliphatic carbocycles. The first-order valence-corrected chi connectivity index (χ1v) is 7.64. The molecule has 0 saturated heterocycles. The fourth-order valence-electron chi connectivity index (χ4n) is 1.21. The first kappa shape index (κ1) is 12.1. The van der Waals surface area contributed by atoms with E-state index in [2.05, 4.69) is 56.9 Å². The second-order valence-corrected chi connectivity index (χ2v) is 6.63. The summed E-state index contributed by atoms with van der Waals surface area (Å²) in [6, 6.07) is 2.10. The molecule has 0 bridgehead atoms. The van der Waals surface area contributed by atoms with E-state index < -0.39 is 0 Å². The Balaban J connectivity index is 2.07. The van der Waals surface area contributed by atoms with Crippen molar-refractivity contribution in [2.75, 3.05) is 11.9 Å². The predicted octanol–water partition coefficient (Wildman–Crippen LogP) is 4.70. The van der Waals surface area contributed by atoms with E-state index >= 15 is 0 Å². The highest BCUT2D eigenvalue weighted by atomic mass is 79.9. The van der Waals surface area contributed by atoms with Crippen molar-refractivity contribution in [3.05, 3.63) is 21.3 Å². The van der Waals surface area contributed by atoms with E-state index in [1.54, 1.807) is 22.7 Å². The van der Waals surface area contributed by atoms with Crippen LogP contribution >= 0.6 is 38.6 Å². The molecule has 0 radical (unpaired) electrons. The van der Waals surface area contributed by atoms with Crippen LogP contribution in [0.25, 0.3) is 10.6 Å². The molecule has 2 nitrogen and oxygen atoms in total. The third kappa shape index (κ3) is 3.06. The van der Waals surface area contributed by atoms with Crippen LogP contribution in [0.15, 0.2) is 21.3 Å². The summed E-state index contributed by atoms with van der Waals surface area (Å²) in [6.07, 6.45) is 0. The van der Waals surface area contributed by atoms with E-state index in [4.69, 9.17) is 0 Å². The Morgan fingerprint density at radius 3 is 2.81 bits per heavy atom. The third-order valence-corrected chi connectivity index (χ3v) is 4.50. The number of nitrogens with one attached hydrogen (secondary N) is 1. The topological polar surface area (TPSA) is 24.9 Å². The van der Waals surface area contributed by atoms with Gasteiger partial charge in [-0.15, -0.1) is 22.7 Å². The van der Waals surface area contributed by atoms with Crippen molar-refractivity contribution >= 4 is 43.7 Å². The number of aromatic nitrogens is 1. The number of thiazole rings is 1. The number of anilines is 1. The zero-order valence-electron chi connectivity index (χ0n) is 9.16. The highest BCUT2D eigenvalue weighted by Gasteiger charge is 2.06. The van der Waals surface area contributed by atoms with Gasteiger partial charge >= 0.3 is 0 Å². The molecule has 2 heterocycles. The monoisotopic (exact) mass is 316 g/mol. The molecule has 0 spiro atoms. The van der Waals surface area contributed by atoms with Gasteiger partial charge < -0.3 is 5.32 Å². The van der Waals surface area contributed by atoms with Gasteiger partial charge in [0.05, 0.1) is 10.6 Å². The molecule has 0 aliphatic heterocycles. The van der Waals surface area contributed by atoms with Crippen molar-refractivity contribution in [2.45, 2.75) is 13.8 Å². The van der Waals surface area contributed by atoms with Gasteiger partial charge in [0.25, 0.3) is 0 Å². The van der Waals surface area contributed by atoms with E-state index in [1.807, 2.05) is 0 Å². The molecule has 5 heteroatoms. The van der Waals surface area contributed by atoms with Gasteiger partial charge in [0.15, 0.2) is 5.13 Å². The molecule has 0 saturated carbocycles. The zero-order chi connectivity index (χ0) is 11.5. The Bertz CT molecular complexity index is 462. The summed E-state index contributed by atoms with van der Waals surface area (Å²) < 4.78 is 1.12. The van der Waals surface area contributed by atoms with Gasteiger partial charge in [-0.2, -0.15) is 0 Å². The van der Waals surface area contributed by atoms with Crippen molar-refractivity contribution in [1.82, 2.24) is 4.98 Å². The second-order valence-electron chi connectivity index (χ2n) is 3.94. The molecule has 2 aromatic heterocycles. The third-order valence-electron chi connectivity index (χ3n) is 1.99. The summed E-state index contributed by atoms with van der Waals surface area (Å²) in [7, 11) is 0. The summed E-state index contributed by atoms with van der Waals surface area (Å²) in [5.74, 6) is 0.642. The summed E-state index contributed by atoms with van der Waals surface area (Å²) in [6.45, 7) is 5.36. The largest absolute Gasteiger partial charge is 0.361 e. The maximum absolute atomic E-state index is 4.56. The highest BCUT2D eigenvalue weighted by Crippen LogP contribution is 2.31. The van der Waals surface area contributed by atoms with E-state index in [-0.39, 0.29) is 0 Å². The van der Waals surface area contributed by atoms with Crippen LogP contribution in [0.2, 0.25) is 0 Å². The number of hydrogen-bond acceptors (Lipinski definition) is 4. The van der Waals surface area contributed by atoms with E-state index in [1.165, 1.54) is 4.88 Å². The van der Waals surface area contributed by atoms with Crippen molar-refractivity contribution in [1.29, 1.82) is 0 Å². The SMILES string of the molecule is CC(C)CNc1nc(-c2cc(Br)cs2)cs1. The van der Waals surface area contributed by atoms with Gasteiger partial charge in [-0.25, -0.2) is 4.98 Å². The van der Waals surface area contributed by atoms with Crippen molar-refractivity contribution in [3.8, 4) is 10.6 Å². The van der Waals surface area contributed by atoms with E-state index in [0.717, 1.165) is 21.8 Å². The van der Waals surface area contributed by atoms with Gasteiger partial charge in [0.1, 0.15) is 0 Å². The quantitative estimate of drug-likeness (QED) is 0.884. The Kier molecular flexibility index (Phi) is 4.00. The molecule has 86 valence electrons. The summed E-state index contributed by atoms with van der Waals surface area (Å²) in [4.78, 5) is 5.77. The molecule has 0 fully saturated rings. The minimum absolute atomic E-state index is 0.642. The number of hydrogen-bond donors (Lipinski definition) is 1. The van der Waals surface area contributed by atoms with Crippen molar-refractivity contribution in [3.63, 3.8) is 0 Å². The molecule has 2 aromatic rings. The average molecular weight is 317 g/mol. The van der Waals surface area contributed by atoms with Gasteiger partial charge in [-0.05, 0) is 27.9 Å². The Morgan fingerprint density at radius 2 is 2.19 bits per heavy atom. The van der Waals surface area contributed by atoms with Gasteiger partial charge in [0.2, 0.25) is 0 Å². The van der Waals surface area contributed by atoms with Crippen molar-refractivity contribution < 1.29 is 0 Å². The lowest BCUT2D eigenvalue weighted by atomic mass is 10.2. The first-order valence-electron chi connectivity index (χ1n) is 5.09. The fraction of sp³-hybridized carbons (Fsp3) is 0.364. The van der Waals surface area contributed by atoms with Crippen LogP contribution in [0, 0.1) is 5.92 Å². The van der Waals surface area contributed by atoms with Gasteiger partial charge in [0, 0.05) is 21.8 Å². The molecule has 0 amide bonds.